The zero-order valence-electron chi connectivity index (χ0n) is 15.6. The maximum atomic E-state index is 13.1. The molecule has 3 aromatic heterocycles. The van der Waals surface area contributed by atoms with Crippen LogP contribution < -0.4 is 5.56 Å². The highest BCUT2D eigenvalue weighted by Crippen LogP contribution is 2.29. The van der Waals surface area contributed by atoms with Gasteiger partial charge in [0.25, 0.3) is 5.56 Å². The van der Waals surface area contributed by atoms with Crippen LogP contribution in [0.1, 0.15) is 27.5 Å². The number of halogens is 1. The zero-order chi connectivity index (χ0) is 19.8. The number of rotatable bonds is 5. The van der Waals surface area contributed by atoms with Gasteiger partial charge >= 0.3 is 0 Å². The van der Waals surface area contributed by atoms with E-state index in [-0.39, 0.29) is 11.4 Å². The predicted octanol–water partition coefficient (Wildman–Crippen LogP) is 5.14. The average molecular weight is 416 g/mol. The Kier molecular flexibility index (Phi) is 5.07. The molecule has 0 radical (unpaired) electrons. The van der Waals surface area contributed by atoms with Crippen molar-refractivity contribution in [2.24, 2.45) is 0 Å². The number of aryl methyl sites for hydroxylation is 2. The molecule has 0 atom stereocenters. The largest absolute Gasteiger partial charge is 0.356 e. The fourth-order valence-electron chi connectivity index (χ4n) is 2.99. The minimum atomic E-state index is -0.286. The molecule has 0 aliphatic carbocycles. The summed E-state index contributed by atoms with van der Waals surface area (Å²) in [6, 6.07) is 6.15. The number of fused-ring (bicyclic) bond motifs is 1. The molecule has 1 aromatic carbocycles. The standard InChI is InChI=1S/C20H18FN3O2S2/c1-10-12(3)28-20-17(10)19(25)22-16(23-20)9-27-8-15-11(2)18(26-24-15)13-4-6-14(21)7-5-13/h4-7H,8-9H2,1-3H3,(H,22,23,25). The Morgan fingerprint density at radius 2 is 1.89 bits per heavy atom. The van der Waals surface area contributed by atoms with Gasteiger partial charge in [0, 0.05) is 21.8 Å². The molecular formula is C20H18FN3O2S2. The van der Waals surface area contributed by atoms with Crippen LogP contribution in [-0.2, 0) is 11.5 Å². The molecule has 0 unspecified atom stereocenters. The first kappa shape index (κ1) is 18.9. The van der Waals surface area contributed by atoms with E-state index in [0.717, 1.165) is 32.1 Å². The molecule has 144 valence electrons. The number of aromatic nitrogens is 3. The summed E-state index contributed by atoms with van der Waals surface area (Å²) in [6.45, 7) is 5.89. The number of benzene rings is 1. The molecule has 4 aromatic rings. The van der Waals surface area contributed by atoms with Crippen LogP contribution in [0.5, 0.6) is 0 Å². The monoisotopic (exact) mass is 415 g/mol. The Hall–Kier alpha value is -2.45. The average Bonchev–Trinajstić information content (AvgIpc) is 3.16. The molecule has 5 nitrogen and oxygen atoms in total. The fourth-order valence-corrected chi connectivity index (χ4v) is 4.93. The van der Waals surface area contributed by atoms with Crippen LogP contribution >= 0.6 is 23.1 Å². The topological polar surface area (TPSA) is 71.8 Å². The molecule has 1 N–H and O–H groups in total. The maximum Gasteiger partial charge on any atom is 0.259 e. The third-order valence-corrected chi connectivity index (χ3v) is 6.75. The number of hydrogen-bond acceptors (Lipinski definition) is 6. The van der Waals surface area contributed by atoms with E-state index in [1.165, 1.54) is 12.1 Å². The van der Waals surface area contributed by atoms with Crippen molar-refractivity contribution in [3.05, 3.63) is 68.0 Å². The molecule has 3 heterocycles. The van der Waals surface area contributed by atoms with Crippen LogP contribution in [0.25, 0.3) is 21.5 Å². The van der Waals surface area contributed by atoms with Crippen molar-refractivity contribution in [1.82, 2.24) is 15.1 Å². The van der Waals surface area contributed by atoms with Gasteiger partial charge in [-0.05, 0) is 50.6 Å². The predicted molar refractivity (Wildman–Crippen MR) is 111 cm³/mol. The second-order valence-corrected chi connectivity index (χ2v) is 8.75. The van der Waals surface area contributed by atoms with Gasteiger partial charge in [0.05, 0.1) is 16.8 Å². The van der Waals surface area contributed by atoms with E-state index in [2.05, 4.69) is 15.1 Å². The van der Waals surface area contributed by atoms with Gasteiger partial charge in [-0.2, -0.15) is 0 Å². The van der Waals surface area contributed by atoms with Crippen LogP contribution in [0, 0.1) is 26.6 Å². The van der Waals surface area contributed by atoms with Gasteiger partial charge in [-0.25, -0.2) is 9.37 Å². The van der Waals surface area contributed by atoms with Gasteiger partial charge in [0.15, 0.2) is 5.76 Å². The van der Waals surface area contributed by atoms with E-state index in [9.17, 15) is 9.18 Å². The minimum Gasteiger partial charge on any atom is -0.356 e. The molecule has 0 saturated carbocycles. The van der Waals surface area contributed by atoms with Crippen molar-refractivity contribution in [3.8, 4) is 11.3 Å². The van der Waals surface area contributed by atoms with E-state index >= 15 is 0 Å². The van der Waals surface area contributed by atoms with Gasteiger partial charge in [0.2, 0.25) is 0 Å². The second kappa shape index (κ2) is 7.52. The Bertz CT molecular complexity index is 1210. The van der Waals surface area contributed by atoms with Crippen LogP contribution in [-0.4, -0.2) is 15.1 Å². The van der Waals surface area contributed by atoms with Crippen LogP contribution in [0.2, 0.25) is 0 Å². The maximum absolute atomic E-state index is 13.1. The SMILES string of the molecule is Cc1sc2nc(CSCc3noc(-c4ccc(F)cc4)c3C)[nH]c(=O)c2c1C. The highest BCUT2D eigenvalue weighted by molar-refractivity contribution is 7.97. The van der Waals surface area contributed by atoms with Crippen molar-refractivity contribution in [2.45, 2.75) is 32.3 Å². The second-order valence-electron chi connectivity index (χ2n) is 6.56. The molecule has 0 aliphatic rings. The molecule has 8 heteroatoms. The van der Waals surface area contributed by atoms with E-state index in [4.69, 9.17) is 4.52 Å². The van der Waals surface area contributed by atoms with Gasteiger partial charge in [-0.3, -0.25) is 4.79 Å². The zero-order valence-corrected chi connectivity index (χ0v) is 17.3. The molecule has 4 rings (SSSR count). The smallest absolute Gasteiger partial charge is 0.259 e. The first-order valence-electron chi connectivity index (χ1n) is 8.71. The van der Waals surface area contributed by atoms with Crippen molar-refractivity contribution in [1.29, 1.82) is 0 Å². The Labute approximate surface area is 169 Å². The molecule has 0 fully saturated rings. The lowest BCUT2D eigenvalue weighted by molar-refractivity contribution is 0.426. The first-order chi connectivity index (χ1) is 13.4. The third-order valence-electron chi connectivity index (χ3n) is 4.69. The van der Waals surface area contributed by atoms with Crippen molar-refractivity contribution in [3.63, 3.8) is 0 Å². The van der Waals surface area contributed by atoms with Gasteiger partial charge in [-0.15, -0.1) is 23.1 Å². The van der Waals surface area contributed by atoms with Crippen LogP contribution in [0.4, 0.5) is 4.39 Å². The molecule has 0 aliphatic heterocycles. The summed E-state index contributed by atoms with van der Waals surface area (Å²) in [7, 11) is 0. The summed E-state index contributed by atoms with van der Waals surface area (Å²) >= 11 is 3.15. The number of thioether (sulfide) groups is 1. The Morgan fingerprint density at radius 3 is 2.64 bits per heavy atom. The minimum absolute atomic E-state index is 0.0846. The summed E-state index contributed by atoms with van der Waals surface area (Å²) in [5, 5.41) is 4.84. The number of thiophene rings is 1. The number of H-pyrrole nitrogens is 1. The number of aromatic amines is 1. The summed E-state index contributed by atoms with van der Waals surface area (Å²) < 4.78 is 18.6. The van der Waals surface area contributed by atoms with Crippen LogP contribution in [0.3, 0.4) is 0 Å². The summed E-state index contributed by atoms with van der Waals surface area (Å²) in [4.78, 5) is 21.7. The first-order valence-corrected chi connectivity index (χ1v) is 10.7. The van der Waals surface area contributed by atoms with Gasteiger partial charge < -0.3 is 9.51 Å². The number of nitrogens with one attached hydrogen (secondary N) is 1. The number of hydrogen-bond donors (Lipinski definition) is 1. The van der Waals surface area contributed by atoms with Crippen LogP contribution in [0.15, 0.2) is 33.6 Å². The lowest BCUT2D eigenvalue weighted by atomic mass is 10.1. The quantitative estimate of drug-likeness (QED) is 0.489. The highest BCUT2D eigenvalue weighted by atomic mass is 32.2. The molecule has 28 heavy (non-hydrogen) atoms. The third kappa shape index (κ3) is 3.49. The van der Waals surface area contributed by atoms with E-state index in [1.807, 2.05) is 20.8 Å². The van der Waals surface area contributed by atoms with Crippen molar-refractivity contribution in [2.75, 3.05) is 0 Å². The molecule has 0 saturated heterocycles. The number of nitrogens with zero attached hydrogens (tertiary/aromatic N) is 2. The lowest BCUT2D eigenvalue weighted by Crippen LogP contribution is -2.10. The summed E-state index contributed by atoms with van der Waals surface area (Å²) in [5.41, 5.74) is 3.47. The lowest BCUT2D eigenvalue weighted by Gasteiger charge is -2.01. The van der Waals surface area contributed by atoms with Gasteiger partial charge in [-0.1, -0.05) is 5.16 Å². The fraction of sp³-hybridized carbons (Fsp3) is 0.250. The Balaban J connectivity index is 1.48. The van der Waals surface area contributed by atoms with Crippen molar-refractivity contribution >= 4 is 33.3 Å². The molecule has 0 spiro atoms. The Morgan fingerprint density at radius 1 is 1.14 bits per heavy atom. The van der Waals surface area contributed by atoms with E-state index in [0.29, 0.717) is 28.5 Å². The summed E-state index contributed by atoms with van der Waals surface area (Å²) in [5.74, 6) is 2.21. The highest BCUT2D eigenvalue weighted by Gasteiger charge is 2.15. The van der Waals surface area contributed by atoms with E-state index < -0.39 is 0 Å². The van der Waals surface area contributed by atoms with E-state index in [1.54, 1.807) is 35.2 Å². The summed E-state index contributed by atoms with van der Waals surface area (Å²) in [6.07, 6.45) is 0. The van der Waals surface area contributed by atoms with Crippen molar-refractivity contribution < 1.29 is 8.91 Å². The molecule has 0 amide bonds. The molecule has 0 bridgehead atoms. The molecular weight excluding hydrogens is 397 g/mol. The normalized spacial score (nSPS) is 11.4. The van der Waals surface area contributed by atoms with Gasteiger partial charge in [0.1, 0.15) is 16.5 Å².